The molecule has 0 saturated heterocycles. The van der Waals surface area contributed by atoms with Gasteiger partial charge in [0.1, 0.15) is 11.4 Å². The summed E-state index contributed by atoms with van der Waals surface area (Å²) in [7, 11) is 0. The highest BCUT2D eigenvalue weighted by Gasteiger charge is 2.27. The predicted molar refractivity (Wildman–Crippen MR) is 252 cm³/mol. The monoisotopic (exact) mass is 982 g/mol. The van der Waals surface area contributed by atoms with Gasteiger partial charge in [-0.25, -0.2) is 0 Å². The van der Waals surface area contributed by atoms with Gasteiger partial charge in [-0.2, -0.15) is 20.5 Å². The summed E-state index contributed by atoms with van der Waals surface area (Å²) >= 11 is 37.1. The lowest BCUT2D eigenvalue weighted by Crippen LogP contribution is -2.33. The number of amides is 4. The molecule has 5 rings (SSSR count). The smallest absolute Gasteiger partial charge is 0.258 e. The van der Waals surface area contributed by atoms with Gasteiger partial charge in [0.15, 0.2) is 11.6 Å². The second kappa shape index (κ2) is 22.2. The first-order chi connectivity index (χ1) is 30.4. The third-order valence-electron chi connectivity index (χ3n) is 9.24. The van der Waals surface area contributed by atoms with Crippen LogP contribution >= 0.6 is 69.6 Å². The highest BCUT2D eigenvalue weighted by atomic mass is 35.5. The molecule has 0 saturated carbocycles. The fourth-order valence-corrected chi connectivity index (χ4v) is 6.97. The van der Waals surface area contributed by atoms with Gasteiger partial charge >= 0.3 is 0 Å². The number of hydrogen-bond acceptors (Lipinski definition) is 10. The van der Waals surface area contributed by atoms with E-state index in [0.717, 1.165) is 0 Å². The Balaban J connectivity index is 1.31. The SMILES string of the molecule is CCc1cc(NC(=O)C(N=Nc2cccc(C(=O)Nc3ccc(Cl)c(Cl)c3)c2Cl)C(C)=O)c(CC)cc1NC(=O)C(N=Nc1cccc(C(=O)Nc2ccc(Cl)c(Cl)c2)c1Cl)C(C)=O. The fourth-order valence-electron chi connectivity index (χ4n) is 5.88. The lowest BCUT2D eigenvalue weighted by atomic mass is 10.0. The van der Waals surface area contributed by atoms with Gasteiger partial charge in [-0.1, -0.05) is 95.6 Å². The van der Waals surface area contributed by atoms with Gasteiger partial charge in [0.05, 0.1) is 41.3 Å². The number of rotatable bonds is 16. The number of halogens is 6. The van der Waals surface area contributed by atoms with E-state index < -0.39 is 47.3 Å². The van der Waals surface area contributed by atoms with E-state index in [-0.39, 0.29) is 42.6 Å². The molecule has 0 aliphatic carbocycles. The van der Waals surface area contributed by atoms with Crippen molar-refractivity contribution in [2.24, 2.45) is 20.5 Å². The molecular formula is C44H36Cl6N8O6. The molecule has 14 nitrogen and oxygen atoms in total. The zero-order valence-corrected chi connectivity index (χ0v) is 38.7. The summed E-state index contributed by atoms with van der Waals surface area (Å²) in [5.41, 5.74) is 2.65. The molecule has 2 atom stereocenters. The molecule has 4 amide bonds. The number of ketones is 2. The zero-order valence-electron chi connectivity index (χ0n) is 34.2. The van der Waals surface area contributed by atoms with E-state index in [4.69, 9.17) is 69.6 Å². The minimum atomic E-state index is -1.60. The first-order valence-electron chi connectivity index (χ1n) is 19.1. The lowest BCUT2D eigenvalue weighted by molar-refractivity contribution is -0.127. The van der Waals surface area contributed by atoms with Crippen molar-refractivity contribution in [1.82, 2.24) is 0 Å². The molecule has 5 aromatic rings. The first-order valence-corrected chi connectivity index (χ1v) is 21.4. The summed E-state index contributed by atoms with van der Waals surface area (Å²) in [6.07, 6.45) is 0.732. The number of azo groups is 2. The maximum atomic E-state index is 13.6. The number of benzene rings is 5. The van der Waals surface area contributed by atoms with E-state index in [0.29, 0.717) is 56.8 Å². The van der Waals surface area contributed by atoms with Crippen molar-refractivity contribution in [2.45, 2.75) is 52.6 Å². The molecule has 20 heteroatoms. The highest BCUT2D eigenvalue weighted by Crippen LogP contribution is 2.34. The van der Waals surface area contributed by atoms with E-state index in [1.54, 1.807) is 24.3 Å². The Kier molecular flexibility index (Phi) is 17.1. The van der Waals surface area contributed by atoms with Crippen molar-refractivity contribution in [2.75, 3.05) is 21.3 Å². The minimum Gasteiger partial charge on any atom is -0.323 e. The number of carbonyl (C=O) groups excluding carboxylic acids is 6. The van der Waals surface area contributed by atoms with E-state index >= 15 is 0 Å². The molecule has 64 heavy (non-hydrogen) atoms. The number of Topliss-reactive ketones (excluding diaryl/α,β-unsaturated/α-hetero) is 2. The number of carbonyl (C=O) groups is 6. The zero-order chi connectivity index (χ0) is 46.8. The molecule has 0 aliphatic heterocycles. The summed E-state index contributed by atoms with van der Waals surface area (Å²) < 4.78 is 0. The third-order valence-corrected chi connectivity index (χ3v) is 11.5. The molecule has 0 radical (unpaired) electrons. The second-order valence-electron chi connectivity index (χ2n) is 13.8. The van der Waals surface area contributed by atoms with Gasteiger partial charge < -0.3 is 21.3 Å². The molecule has 0 bridgehead atoms. The maximum Gasteiger partial charge on any atom is 0.258 e. The van der Waals surface area contributed by atoms with Crippen molar-refractivity contribution >= 4 is 139 Å². The largest absolute Gasteiger partial charge is 0.323 e. The molecule has 330 valence electrons. The predicted octanol–water partition coefficient (Wildman–Crippen LogP) is 12.6. The van der Waals surface area contributed by atoms with Crippen LogP contribution in [-0.4, -0.2) is 47.3 Å². The summed E-state index contributed by atoms with van der Waals surface area (Å²) in [5.74, 6) is -4.04. The van der Waals surface area contributed by atoms with E-state index in [1.807, 2.05) is 13.8 Å². The molecule has 0 heterocycles. The molecule has 0 aliphatic rings. The standard InChI is InChI=1S/C44H36Cl6N8O6/c1-5-23-17-36(54-44(64)40(22(4)60)58-56-34-12-8-10-28(38(34)50)42(62)52-26-14-16-30(46)32(48)20-26)24(6-2)18-35(23)53-43(63)39(21(3)59)57-55-33-11-7-9-27(37(33)49)41(61)51-25-13-15-29(45)31(47)19-25/h7-20,39-40H,5-6H2,1-4H3,(H,51,61)(H,52,62)(H,53,63)(H,54,64). The molecule has 5 aromatic carbocycles. The minimum absolute atomic E-state index is 0.0221. The van der Waals surface area contributed by atoms with Gasteiger partial charge in [0.2, 0.25) is 12.1 Å². The summed E-state index contributed by atoms with van der Waals surface area (Å²) in [5, 5.41) is 27.9. The van der Waals surface area contributed by atoms with Gasteiger partial charge in [0, 0.05) is 22.7 Å². The average Bonchev–Trinajstić information content (AvgIpc) is 3.24. The van der Waals surface area contributed by atoms with E-state index in [1.165, 1.54) is 74.5 Å². The molecular weight excluding hydrogens is 949 g/mol. The average molecular weight is 986 g/mol. The Morgan fingerprint density at radius 2 is 0.875 bits per heavy atom. The van der Waals surface area contributed by atoms with Crippen LogP contribution in [-0.2, 0) is 32.0 Å². The number of anilines is 4. The normalized spacial score (nSPS) is 12.2. The van der Waals surface area contributed by atoms with Crippen molar-refractivity contribution < 1.29 is 28.8 Å². The third kappa shape index (κ3) is 12.3. The second-order valence-corrected chi connectivity index (χ2v) is 16.1. The topological polar surface area (TPSA) is 200 Å². The van der Waals surface area contributed by atoms with Crippen LogP contribution in [0.1, 0.15) is 59.5 Å². The number of hydrogen-bond donors (Lipinski definition) is 4. The lowest BCUT2D eigenvalue weighted by Gasteiger charge is -2.18. The van der Waals surface area contributed by atoms with Crippen molar-refractivity contribution in [3.05, 3.63) is 137 Å². The van der Waals surface area contributed by atoms with Crippen LogP contribution in [0, 0.1) is 0 Å². The summed E-state index contributed by atoms with van der Waals surface area (Å²) in [6.45, 7) is 5.97. The van der Waals surface area contributed by atoms with Crippen LogP contribution in [0.5, 0.6) is 0 Å². The van der Waals surface area contributed by atoms with Crippen molar-refractivity contribution in [1.29, 1.82) is 0 Å². The molecule has 2 unspecified atom stereocenters. The van der Waals surface area contributed by atoms with E-state index in [2.05, 4.69) is 41.7 Å². The Morgan fingerprint density at radius 3 is 1.20 bits per heavy atom. The van der Waals surface area contributed by atoms with Crippen molar-refractivity contribution in [3.8, 4) is 0 Å². The van der Waals surface area contributed by atoms with Gasteiger partial charge in [0.25, 0.3) is 23.6 Å². The van der Waals surface area contributed by atoms with Gasteiger partial charge in [-0.05, 0) is 111 Å². The molecule has 0 aromatic heterocycles. The summed E-state index contributed by atoms with van der Waals surface area (Å²) in [6, 6.07) is 18.0. The van der Waals surface area contributed by atoms with Crippen LogP contribution < -0.4 is 21.3 Å². The van der Waals surface area contributed by atoms with Crippen LogP contribution in [0.15, 0.2) is 105 Å². The van der Waals surface area contributed by atoms with Gasteiger partial charge in [-0.3, -0.25) is 28.8 Å². The Hall–Kier alpha value is -5.74. The number of aryl methyl sites for hydroxylation is 2. The van der Waals surface area contributed by atoms with Crippen LogP contribution in [0.4, 0.5) is 34.1 Å². The maximum absolute atomic E-state index is 13.6. The van der Waals surface area contributed by atoms with Crippen LogP contribution in [0.2, 0.25) is 30.1 Å². The Bertz CT molecular complexity index is 2560. The first kappa shape index (κ1) is 49.3. The molecule has 0 spiro atoms. The molecule has 4 N–H and O–H groups in total. The number of nitrogens with zero attached hydrogens (tertiary/aromatic N) is 4. The van der Waals surface area contributed by atoms with Crippen molar-refractivity contribution in [3.63, 3.8) is 0 Å². The quantitative estimate of drug-likeness (QED) is 0.0560. The van der Waals surface area contributed by atoms with E-state index in [9.17, 15) is 28.8 Å². The van der Waals surface area contributed by atoms with Crippen LogP contribution in [0.3, 0.4) is 0 Å². The van der Waals surface area contributed by atoms with Crippen LogP contribution in [0.25, 0.3) is 0 Å². The number of nitrogens with one attached hydrogen (secondary N) is 4. The fraction of sp³-hybridized carbons (Fsp3) is 0.182. The highest BCUT2D eigenvalue weighted by molar-refractivity contribution is 6.43. The molecule has 0 fully saturated rings. The Morgan fingerprint density at radius 1 is 0.500 bits per heavy atom. The van der Waals surface area contributed by atoms with Gasteiger partial charge in [-0.15, -0.1) is 0 Å². The Labute approximate surface area is 397 Å². The summed E-state index contributed by atoms with van der Waals surface area (Å²) in [4.78, 5) is 78.7.